The van der Waals surface area contributed by atoms with E-state index < -0.39 is 0 Å². The van der Waals surface area contributed by atoms with E-state index in [-0.39, 0.29) is 0 Å². The maximum absolute atomic E-state index is 5.42. The molecule has 0 spiro atoms. The van der Waals surface area contributed by atoms with E-state index in [1.165, 1.54) is 0 Å². The predicted molar refractivity (Wildman–Crippen MR) is 150 cm³/mol. The van der Waals surface area contributed by atoms with Crippen LogP contribution in [-0.4, -0.2) is 32.5 Å². The number of methoxy groups -OCH3 is 1. The number of aliphatic imine (C=N–C) groups is 1. The minimum absolute atomic E-state index is 0.608. The lowest BCUT2D eigenvalue weighted by Crippen LogP contribution is -2.33. The highest BCUT2D eigenvalue weighted by Gasteiger charge is 2.30. The van der Waals surface area contributed by atoms with Crippen LogP contribution in [0.1, 0.15) is 0 Å². The van der Waals surface area contributed by atoms with Gasteiger partial charge in [-0.1, -0.05) is 40.2 Å². The van der Waals surface area contributed by atoms with Crippen molar-refractivity contribution in [3.8, 4) is 11.4 Å². The number of hydrogen-bond acceptors (Lipinski definition) is 6. The fraction of sp³-hybridized carbons (Fsp3) is 0.0357. The van der Waals surface area contributed by atoms with E-state index in [9.17, 15) is 0 Å². The first-order chi connectivity index (χ1) is 18.2. The maximum atomic E-state index is 5.42. The van der Waals surface area contributed by atoms with Crippen molar-refractivity contribution < 1.29 is 4.74 Å². The molecule has 0 atom stereocenters. The molecule has 8 nitrogen and oxygen atoms in total. The summed E-state index contributed by atoms with van der Waals surface area (Å²) in [4.78, 5) is 7.12. The number of anilines is 3. The molecule has 4 aromatic carbocycles. The van der Waals surface area contributed by atoms with Crippen LogP contribution < -0.4 is 15.0 Å². The van der Waals surface area contributed by atoms with E-state index in [0.29, 0.717) is 11.9 Å². The summed E-state index contributed by atoms with van der Waals surface area (Å²) in [7, 11) is 1.66. The van der Waals surface area contributed by atoms with E-state index in [2.05, 4.69) is 37.9 Å². The van der Waals surface area contributed by atoms with Crippen molar-refractivity contribution in [3.05, 3.63) is 102 Å². The van der Waals surface area contributed by atoms with Crippen molar-refractivity contribution in [1.82, 2.24) is 19.4 Å². The highest BCUT2D eigenvalue weighted by molar-refractivity contribution is 9.10. The van der Waals surface area contributed by atoms with Crippen molar-refractivity contribution in [2.45, 2.75) is 0 Å². The number of nitrogens with one attached hydrogen (secondary N) is 1. The second kappa shape index (κ2) is 8.49. The molecule has 0 saturated carbocycles. The van der Waals surface area contributed by atoms with Gasteiger partial charge in [0, 0.05) is 15.5 Å². The number of aromatic nitrogens is 4. The number of benzene rings is 4. The summed E-state index contributed by atoms with van der Waals surface area (Å²) in [5.41, 5.74) is 5.24. The Labute approximate surface area is 220 Å². The molecule has 0 saturated heterocycles. The first-order valence-electron chi connectivity index (χ1n) is 11.7. The predicted octanol–water partition coefficient (Wildman–Crippen LogP) is 6.70. The summed E-state index contributed by atoms with van der Waals surface area (Å²) in [6.07, 6.45) is 0. The highest BCUT2D eigenvalue weighted by atomic mass is 79.9. The van der Waals surface area contributed by atoms with Crippen LogP contribution in [0, 0.1) is 0 Å². The van der Waals surface area contributed by atoms with Gasteiger partial charge in [0.25, 0.3) is 0 Å². The first-order valence-corrected chi connectivity index (χ1v) is 12.5. The zero-order valence-corrected chi connectivity index (χ0v) is 21.3. The number of hydrogen-bond donors (Lipinski definition) is 1. The van der Waals surface area contributed by atoms with Crippen molar-refractivity contribution in [1.29, 1.82) is 0 Å². The second-order valence-corrected chi connectivity index (χ2v) is 9.47. The third-order valence-electron chi connectivity index (χ3n) is 6.32. The summed E-state index contributed by atoms with van der Waals surface area (Å²) in [5, 5.41) is 14.3. The first kappa shape index (κ1) is 21.6. The SMILES string of the molecule is COc1ccc(N2C(Nc3ccc(Br)cc3)=Nc3ccccc3-n3c2nn2nc4ccccc4c32)cc1. The zero-order valence-electron chi connectivity index (χ0n) is 19.7. The van der Waals surface area contributed by atoms with E-state index in [1.54, 1.807) is 11.7 Å². The zero-order chi connectivity index (χ0) is 24.9. The van der Waals surface area contributed by atoms with Gasteiger partial charge in [0.05, 0.1) is 29.7 Å². The molecule has 9 heteroatoms. The van der Waals surface area contributed by atoms with Crippen LogP contribution in [0.15, 0.2) is 107 Å². The lowest BCUT2D eigenvalue weighted by molar-refractivity contribution is 0.415. The van der Waals surface area contributed by atoms with Gasteiger partial charge in [0.1, 0.15) is 5.75 Å². The largest absolute Gasteiger partial charge is 0.497 e. The molecule has 0 fully saturated rings. The average Bonchev–Trinajstić information content (AvgIpc) is 3.43. The molecule has 0 radical (unpaired) electrons. The number of guanidine groups is 1. The van der Waals surface area contributed by atoms with Gasteiger partial charge in [-0.25, -0.2) is 9.89 Å². The molecule has 0 aliphatic carbocycles. The summed E-state index contributed by atoms with van der Waals surface area (Å²) < 4.78 is 10.2. The van der Waals surface area contributed by atoms with E-state index >= 15 is 0 Å². The van der Waals surface area contributed by atoms with Gasteiger partial charge in [-0.2, -0.15) is 0 Å². The number of rotatable bonds is 3. The number of nitrogens with zero attached hydrogens (tertiary/aromatic N) is 6. The lowest BCUT2D eigenvalue weighted by Gasteiger charge is -2.24. The normalized spacial score (nSPS) is 12.7. The fourth-order valence-corrected chi connectivity index (χ4v) is 4.86. The molecule has 3 heterocycles. The Balaban J connectivity index is 1.52. The van der Waals surface area contributed by atoms with Crippen molar-refractivity contribution in [3.63, 3.8) is 0 Å². The van der Waals surface area contributed by atoms with Crippen LogP contribution in [-0.2, 0) is 0 Å². The van der Waals surface area contributed by atoms with Crippen molar-refractivity contribution in [2.75, 3.05) is 17.3 Å². The second-order valence-electron chi connectivity index (χ2n) is 8.56. The number of fused-ring (bicyclic) bond motifs is 7. The molecule has 2 aromatic heterocycles. The smallest absolute Gasteiger partial charge is 0.243 e. The van der Waals surface area contributed by atoms with Gasteiger partial charge in [-0.3, -0.25) is 4.57 Å². The van der Waals surface area contributed by atoms with Gasteiger partial charge in [-0.15, -0.1) is 14.8 Å². The Kier molecular flexibility index (Phi) is 4.97. The topological polar surface area (TPSA) is 72.0 Å². The monoisotopic (exact) mass is 549 g/mol. The maximum Gasteiger partial charge on any atom is 0.243 e. The average molecular weight is 550 g/mol. The van der Waals surface area contributed by atoms with Gasteiger partial charge >= 0.3 is 0 Å². The number of para-hydroxylation sites is 2. The molecule has 0 amide bonds. The summed E-state index contributed by atoms with van der Waals surface area (Å²) in [6, 6.07) is 32.0. The molecule has 1 aliphatic rings. The third-order valence-corrected chi connectivity index (χ3v) is 6.85. The van der Waals surface area contributed by atoms with Gasteiger partial charge in [-0.05, 0) is 72.8 Å². The highest BCUT2D eigenvalue weighted by Crippen LogP contribution is 2.39. The minimum Gasteiger partial charge on any atom is -0.497 e. The Bertz CT molecular complexity index is 1800. The number of ether oxygens (including phenoxy) is 1. The lowest BCUT2D eigenvalue weighted by atomic mass is 10.2. The molecule has 0 bridgehead atoms. The van der Waals surface area contributed by atoms with Gasteiger partial charge in [0.2, 0.25) is 11.9 Å². The molecule has 180 valence electrons. The molecule has 0 unspecified atom stereocenters. The standard InChI is InChI=1S/C28H20BrN7O/c1-37-21-16-14-20(15-17-21)34-27(30-19-12-10-18(29)11-13-19)31-24-8-4-5-9-25(24)35-26-22-6-2-3-7-23(22)32-36(26)33-28(34)35/h2-17H,1H3,(H,30,31). The minimum atomic E-state index is 0.608. The van der Waals surface area contributed by atoms with Gasteiger partial charge < -0.3 is 10.1 Å². The van der Waals surface area contributed by atoms with Crippen LogP contribution in [0.3, 0.4) is 0 Å². The molecule has 37 heavy (non-hydrogen) atoms. The van der Waals surface area contributed by atoms with Crippen LogP contribution in [0.4, 0.5) is 23.0 Å². The Morgan fingerprint density at radius 1 is 0.811 bits per heavy atom. The molecule has 1 aliphatic heterocycles. The van der Waals surface area contributed by atoms with E-state index in [1.807, 2.05) is 89.8 Å². The fourth-order valence-electron chi connectivity index (χ4n) is 4.60. The number of halogens is 1. The van der Waals surface area contributed by atoms with Crippen LogP contribution in [0.5, 0.6) is 5.75 Å². The molecule has 6 aromatic rings. The molecule has 1 N–H and O–H groups in total. The van der Waals surface area contributed by atoms with E-state index in [4.69, 9.17) is 19.9 Å². The van der Waals surface area contributed by atoms with Crippen molar-refractivity contribution >= 4 is 61.5 Å². The van der Waals surface area contributed by atoms with Gasteiger partial charge in [0.15, 0.2) is 5.65 Å². The molecular formula is C28H20BrN7O. The summed E-state index contributed by atoms with van der Waals surface area (Å²) in [5.74, 6) is 2.04. The molecule has 7 rings (SSSR count). The molecular weight excluding hydrogens is 530 g/mol. The van der Waals surface area contributed by atoms with Crippen LogP contribution in [0.2, 0.25) is 0 Å². The van der Waals surface area contributed by atoms with Crippen LogP contribution >= 0.6 is 15.9 Å². The van der Waals surface area contributed by atoms with Crippen LogP contribution in [0.25, 0.3) is 22.2 Å². The summed E-state index contributed by atoms with van der Waals surface area (Å²) in [6.45, 7) is 0. The third kappa shape index (κ3) is 3.54. The Hall–Kier alpha value is -4.63. The van der Waals surface area contributed by atoms with E-state index in [0.717, 1.165) is 49.5 Å². The Morgan fingerprint density at radius 2 is 1.57 bits per heavy atom. The van der Waals surface area contributed by atoms with Crippen molar-refractivity contribution in [2.24, 2.45) is 4.99 Å². The summed E-state index contributed by atoms with van der Waals surface area (Å²) >= 11 is 3.52. The quantitative estimate of drug-likeness (QED) is 0.266. The Morgan fingerprint density at radius 3 is 2.38 bits per heavy atom.